The van der Waals surface area contributed by atoms with Crippen molar-refractivity contribution in [2.45, 2.75) is 44.6 Å². The molecule has 0 spiro atoms. The Balaban J connectivity index is 1.80. The Kier molecular flexibility index (Phi) is 3.71. The number of aromatic nitrogens is 2. The second-order valence-corrected chi connectivity index (χ2v) is 5.69. The number of hydrogen-bond donors (Lipinski definition) is 2. The Labute approximate surface area is 118 Å². The molecule has 0 unspecified atom stereocenters. The Morgan fingerprint density at radius 3 is 2.75 bits per heavy atom. The smallest absolute Gasteiger partial charge is 0.190 e. The van der Waals surface area contributed by atoms with Crippen LogP contribution in [0.3, 0.4) is 0 Å². The van der Waals surface area contributed by atoms with Crippen molar-refractivity contribution in [3.8, 4) is 0 Å². The number of fused-ring (bicyclic) bond motifs is 1. The molecule has 1 aliphatic carbocycles. The minimum atomic E-state index is -0.00163. The number of rotatable bonds is 2. The molecule has 1 aromatic rings. The van der Waals surface area contributed by atoms with Gasteiger partial charge in [0.25, 0.3) is 0 Å². The lowest BCUT2D eigenvalue weighted by molar-refractivity contribution is 0.242. The van der Waals surface area contributed by atoms with E-state index in [0.29, 0.717) is 11.7 Å². The SMILES string of the molecule is NC(=NO)c1cnc(N2CCC[C@H]3CCCC[C@H]32)cn1. The van der Waals surface area contributed by atoms with E-state index in [-0.39, 0.29) is 5.84 Å². The second-order valence-electron chi connectivity index (χ2n) is 5.69. The van der Waals surface area contributed by atoms with E-state index < -0.39 is 0 Å². The molecule has 0 amide bonds. The van der Waals surface area contributed by atoms with E-state index in [9.17, 15) is 0 Å². The molecule has 1 aromatic heterocycles. The first-order valence-corrected chi connectivity index (χ1v) is 7.36. The molecule has 2 atom stereocenters. The Hall–Kier alpha value is -1.85. The molecule has 1 aliphatic heterocycles. The molecule has 6 heteroatoms. The molecule has 2 heterocycles. The molecular weight excluding hydrogens is 254 g/mol. The molecule has 1 saturated heterocycles. The molecule has 3 rings (SSSR count). The maximum absolute atomic E-state index is 8.65. The fourth-order valence-corrected chi connectivity index (χ4v) is 3.56. The number of nitrogens with zero attached hydrogens (tertiary/aromatic N) is 4. The highest BCUT2D eigenvalue weighted by atomic mass is 16.4. The van der Waals surface area contributed by atoms with E-state index in [1.165, 1.54) is 38.5 Å². The van der Waals surface area contributed by atoms with Gasteiger partial charge in [-0.3, -0.25) is 0 Å². The van der Waals surface area contributed by atoms with Crippen LogP contribution < -0.4 is 10.6 Å². The minimum Gasteiger partial charge on any atom is -0.409 e. The summed E-state index contributed by atoms with van der Waals surface area (Å²) in [5.41, 5.74) is 5.92. The molecule has 2 aliphatic rings. The molecular formula is C14H21N5O. The highest BCUT2D eigenvalue weighted by Gasteiger charge is 2.33. The third-order valence-electron chi connectivity index (χ3n) is 4.55. The summed E-state index contributed by atoms with van der Waals surface area (Å²) < 4.78 is 0. The van der Waals surface area contributed by atoms with Crippen molar-refractivity contribution in [3.63, 3.8) is 0 Å². The van der Waals surface area contributed by atoms with Crippen molar-refractivity contribution in [2.75, 3.05) is 11.4 Å². The molecule has 20 heavy (non-hydrogen) atoms. The van der Waals surface area contributed by atoms with Crippen LogP contribution in [0.25, 0.3) is 0 Å². The zero-order valence-corrected chi connectivity index (χ0v) is 11.6. The summed E-state index contributed by atoms with van der Waals surface area (Å²) in [6.45, 7) is 1.05. The van der Waals surface area contributed by atoms with Crippen molar-refractivity contribution in [1.29, 1.82) is 0 Å². The van der Waals surface area contributed by atoms with Crippen LogP contribution in [0.2, 0.25) is 0 Å². The van der Waals surface area contributed by atoms with Gasteiger partial charge in [0.15, 0.2) is 5.84 Å². The van der Waals surface area contributed by atoms with Crippen LogP contribution in [0.15, 0.2) is 17.5 Å². The Morgan fingerprint density at radius 2 is 2.00 bits per heavy atom. The largest absolute Gasteiger partial charge is 0.409 e. The third-order valence-corrected chi connectivity index (χ3v) is 4.55. The standard InChI is InChI=1S/C14H21N5O/c15-14(18-20)11-8-17-13(9-16-11)19-7-3-5-10-4-1-2-6-12(10)19/h8-10,12,20H,1-7H2,(H2,15,18)/t10-,12-/m1/s1. The summed E-state index contributed by atoms with van der Waals surface area (Å²) >= 11 is 0. The number of hydrogen-bond acceptors (Lipinski definition) is 5. The zero-order valence-electron chi connectivity index (χ0n) is 11.6. The monoisotopic (exact) mass is 275 g/mol. The highest BCUT2D eigenvalue weighted by Crippen LogP contribution is 2.36. The van der Waals surface area contributed by atoms with Crippen LogP contribution in [-0.2, 0) is 0 Å². The summed E-state index contributed by atoms with van der Waals surface area (Å²) in [6.07, 6.45) is 11.2. The first kappa shape index (κ1) is 13.1. The van der Waals surface area contributed by atoms with Crippen molar-refractivity contribution in [1.82, 2.24) is 9.97 Å². The second kappa shape index (κ2) is 5.64. The van der Waals surface area contributed by atoms with E-state index in [0.717, 1.165) is 18.3 Å². The van der Waals surface area contributed by atoms with E-state index in [4.69, 9.17) is 10.9 Å². The van der Waals surface area contributed by atoms with Crippen LogP contribution in [-0.4, -0.2) is 33.6 Å². The van der Waals surface area contributed by atoms with E-state index in [2.05, 4.69) is 20.0 Å². The third kappa shape index (κ3) is 2.42. The molecule has 0 radical (unpaired) electrons. The van der Waals surface area contributed by atoms with Gasteiger partial charge in [0, 0.05) is 12.6 Å². The Morgan fingerprint density at radius 1 is 1.20 bits per heavy atom. The van der Waals surface area contributed by atoms with Gasteiger partial charge in [-0.25, -0.2) is 9.97 Å². The van der Waals surface area contributed by atoms with Crippen LogP contribution in [0.4, 0.5) is 5.82 Å². The van der Waals surface area contributed by atoms with Gasteiger partial charge < -0.3 is 15.8 Å². The number of amidine groups is 1. The molecule has 6 nitrogen and oxygen atoms in total. The number of anilines is 1. The van der Waals surface area contributed by atoms with Gasteiger partial charge in [0.05, 0.1) is 12.4 Å². The van der Waals surface area contributed by atoms with E-state index in [1.807, 2.05) is 0 Å². The number of oxime groups is 1. The molecule has 108 valence electrons. The summed E-state index contributed by atoms with van der Waals surface area (Å²) in [4.78, 5) is 11.1. The van der Waals surface area contributed by atoms with Crippen LogP contribution in [0, 0.1) is 5.92 Å². The first-order chi connectivity index (χ1) is 9.79. The average Bonchev–Trinajstić information content (AvgIpc) is 2.54. The summed E-state index contributed by atoms with van der Waals surface area (Å²) in [6, 6.07) is 0.613. The topological polar surface area (TPSA) is 87.6 Å². The minimum absolute atomic E-state index is 0.00163. The first-order valence-electron chi connectivity index (χ1n) is 7.36. The van der Waals surface area contributed by atoms with Gasteiger partial charge in [-0.1, -0.05) is 18.0 Å². The predicted molar refractivity (Wildman–Crippen MR) is 76.9 cm³/mol. The summed E-state index contributed by atoms with van der Waals surface area (Å²) in [5, 5.41) is 11.6. The van der Waals surface area contributed by atoms with Gasteiger partial charge >= 0.3 is 0 Å². The van der Waals surface area contributed by atoms with E-state index >= 15 is 0 Å². The van der Waals surface area contributed by atoms with Crippen molar-refractivity contribution >= 4 is 11.7 Å². The Bertz CT molecular complexity index is 485. The van der Waals surface area contributed by atoms with Gasteiger partial charge in [-0.05, 0) is 31.6 Å². The summed E-state index contributed by atoms with van der Waals surface area (Å²) in [7, 11) is 0. The molecule has 3 N–H and O–H groups in total. The van der Waals surface area contributed by atoms with Gasteiger partial charge in [0.2, 0.25) is 0 Å². The zero-order chi connectivity index (χ0) is 13.9. The molecule has 1 saturated carbocycles. The van der Waals surface area contributed by atoms with Crippen LogP contribution in [0.1, 0.15) is 44.2 Å². The normalized spacial score (nSPS) is 27.2. The van der Waals surface area contributed by atoms with Gasteiger partial charge in [0.1, 0.15) is 11.5 Å². The summed E-state index contributed by atoms with van der Waals surface area (Å²) in [5.74, 6) is 1.72. The van der Waals surface area contributed by atoms with Crippen molar-refractivity contribution in [2.24, 2.45) is 16.8 Å². The van der Waals surface area contributed by atoms with Gasteiger partial charge in [-0.2, -0.15) is 0 Å². The van der Waals surface area contributed by atoms with Crippen molar-refractivity contribution in [3.05, 3.63) is 18.1 Å². The van der Waals surface area contributed by atoms with Crippen LogP contribution in [0.5, 0.6) is 0 Å². The lowest BCUT2D eigenvalue weighted by Crippen LogP contribution is -2.47. The number of nitrogens with two attached hydrogens (primary N) is 1. The van der Waals surface area contributed by atoms with Crippen molar-refractivity contribution < 1.29 is 5.21 Å². The van der Waals surface area contributed by atoms with Crippen LogP contribution >= 0.6 is 0 Å². The molecule has 0 bridgehead atoms. The lowest BCUT2D eigenvalue weighted by atomic mass is 9.78. The molecule has 0 aromatic carbocycles. The predicted octanol–water partition coefficient (Wildman–Crippen LogP) is 1.73. The highest BCUT2D eigenvalue weighted by molar-refractivity contribution is 5.94. The quantitative estimate of drug-likeness (QED) is 0.371. The fourth-order valence-electron chi connectivity index (χ4n) is 3.56. The van der Waals surface area contributed by atoms with E-state index in [1.54, 1.807) is 12.4 Å². The van der Waals surface area contributed by atoms with Gasteiger partial charge in [-0.15, -0.1) is 0 Å². The number of piperidine rings is 1. The lowest BCUT2D eigenvalue weighted by Gasteiger charge is -2.44. The maximum Gasteiger partial charge on any atom is 0.190 e. The fraction of sp³-hybridized carbons (Fsp3) is 0.643. The average molecular weight is 275 g/mol. The molecule has 2 fully saturated rings. The maximum atomic E-state index is 8.65.